The lowest BCUT2D eigenvalue weighted by molar-refractivity contribution is -0.121. The number of benzene rings is 3. The van der Waals surface area contributed by atoms with Crippen LogP contribution < -0.4 is 9.80 Å². The molecule has 0 aliphatic carbocycles. The summed E-state index contributed by atoms with van der Waals surface area (Å²) in [4.78, 5) is 48.7. The first-order valence-electron chi connectivity index (χ1n) is 11.6. The minimum Gasteiger partial charge on any atom is -0.269 e. The molecule has 6 heteroatoms. The number of aryl methyl sites for hydroxylation is 3. The van der Waals surface area contributed by atoms with Crippen molar-refractivity contribution in [3.63, 3.8) is 0 Å². The number of nitrogens with zero attached hydrogens (tertiary/aromatic N) is 2. The molecular weight excluding hydrogens is 452 g/mol. The van der Waals surface area contributed by atoms with Crippen LogP contribution in [0.15, 0.2) is 91.0 Å². The molecule has 4 amide bonds. The van der Waals surface area contributed by atoms with Crippen molar-refractivity contribution in [2.24, 2.45) is 0 Å². The molecule has 0 fully saturated rings. The van der Waals surface area contributed by atoms with E-state index in [1.165, 1.54) is 39.7 Å². The zero-order valence-corrected chi connectivity index (χ0v) is 20.4. The lowest BCUT2D eigenvalue weighted by atomic mass is 10.0. The van der Waals surface area contributed by atoms with Gasteiger partial charge in [0.1, 0.15) is 0 Å². The first kappa shape index (κ1) is 24.5. The molecule has 36 heavy (non-hydrogen) atoms. The molecule has 0 saturated heterocycles. The van der Waals surface area contributed by atoms with Crippen molar-refractivity contribution in [2.45, 2.75) is 27.2 Å². The highest BCUT2D eigenvalue weighted by atomic mass is 16.2. The smallest absolute Gasteiger partial charge is 0.258 e. The summed E-state index contributed by atoms with van der Waals surface area (Å²) in [7, 11) is 0. The van der Waals surface area contributed by atoms with Crippen LogP contribution in [-0.4, -0.2) is 23.6 Å². The Morgan fingerprint density at radius 2 is 1.00 bits per heavy atom. The van der Waals surface area contributed by atoms with E-state index in [-0.39, 0.29) is 23.6 Å². The van der Waals surface area contributed by atoms with E-state index in [4.69, 9.17) is 0 Å². The van der Waals surface area contributed by atoms with Crippen LogP contribution in [0.25, 0.3) is 0 Å². The minimum absolute atomic E-state index is 0.264. The molecular formula is C30H26N2O4. The zero-order chi connectivity index (χ0) is 25.8. The number of rotatable bonds is 4. The molecule has 2 aliphatic heterocycles. The highest BCUT2D eigenvalue weighted by Gasteiger charge is 2.27. The Morgan fingerprint density at radius 3 is 1.50 bits per heavy atom. The SMILES string of the molecule is Cc1cc(C)c(N2C(=O)C=CC2=O)c(C)c1.O=C1C=CC(=O)N1c1ccc(Cc2ccccc2)cc1. The van der Waals surface area contributed by atoms with Crippen molar-refractivity contribution in [1.82, 2.24) is 0 Å². The normalized spacial score (nSPS) is 14.5. The Balaban J connectivity index is 0.000000174. The predicted octanol–water partition coefficient (Wildman–Crippen LogP) is 4.75. The van der Waals surface area contributed by atoms with Crippen LogP contribution in [0.1, 0.15) is 27.8 Å². The molecule has 3 aromatic rings. The van der Waals surface area contributed by atoms with E-state index in [0.29, 0.717) is 11.4 Å². The van der Waals surface area contributed by atoms with E-state index in [0.717, 1.165) is 28.7 Å². The van der Waals surface area contributed by atoms with Crippen molar-refractivity contribution < 1.29 is 19.2 Å². The van der Waals surface area contributed by atoms with Gasteiger partial charge in [-0.2, -0.15) is 0 Å². The van der Waals surface area contributed by atoms with E-state index < -0.39 is 0 Å². The molecule has 6 nitrogen and oxygen atoms in total. The van der Waals surface area contributed by atoms with Crippen LogP contribution in [0, 0.1) is 20.8 Å². The summed E-state index contributed by atoms with van der Waals surface area (Å²) in [6, 6.07) is 21.6. The van der Waals surface area contributed by atoms with Gasteiger partial charge in [0.15, 0.2) is 0 Å². The summed E-state index contributed by atoms with van der Waals surface area (Å²) in [5.41, 5.74) is 6.73. The Bertz CT molecular complexity index is 1340. The third-order valence-electron chi connectivity index (χ3n) is 5.92. The molecule has 0 spiro atoms. The summed E-state index contributed by atoms with van der Waals surface area (Å²) in [5.74, 6) is -1.10. The first-order chi connectivity index (χ1) is 17.2. The van der Waals surface area contributed by atoms with Crippen molar-refractivity contribution in [2.75, 3.05) is 9.80 Å². The lowest BCUT2D eigenvalue weighted by Crippen LogP contribution is -2.31. The molecule has 5 rings (SSSR count). The Morgan fingerprint density at radius 1 is 0.556 bits per heavy atom. The predicted molar refractivity (Wildman–Crippen MR) is 140 cm³/mol. The third kappa shape index (κ3) is 5.23. The van der Waals surface area contributed by atoms with Gasteiger partial charge in [0, 0.05) is 24.3 Å². The molecule has 0 N–H and O–H groups in total. The molecule has 0 atom stereocenters. The van der Waals surface area contributed by atoms with E-state index in [2.05, 4.69) is 12.1 Å². The number of hydrogen-bond donors (Lipinski definition) is 0. The van der Waals surface area contributed by atoms with Crippen molar-refractivity contribution in [3.05, 3.63) is 119 Å². The molecule has 0 saturated carbocycles. The van der Waals surface area contributed by atoms with Crippen LogP contribution in [0.3, 0.4) is 0 Å². The van der Waals surface area contributed by atoms with Crippen LogP contribution >= 0.6 is 0 Å². The molecule has 0 aromatic heterocycles. The second-order valence-electron chi connectivity index (χ2n) is 8.77. The molecule has 2 aliphatic rings. The Hall–Kier alpha value is -4.58. The molecule has 0 unspecified atom stereocenters. The van der Waals surface area contributed by atoms with E-state index in [9.17, 15) is 19.2 Å². The number of carbonyl (C=O) groups excluding carboxylic acids is 4. The van der Waals surface area contributed by atoms with Crippen LogP contribution in [-0.2, 0) is 25.6 Å². The van der Waals surface area contributed by atoms with Crippen LogP contribution in [0.4, 0.5) is 11.4 Å². The van der Waals surface area contributed by atoms with Gasteiger partial charge in [0.2, 0.25) is 0 Å². The maximum atomic E-state index is 11.6. The maximum absolute atomic E-state index is 11.6. The van der Waals surface area contributed by atoms with Gasteiger partial charge >= 0.3 is 0 Å². The molecule has 2 heterocycles. The Kier molecular flexibility index (Phi) is 7.06. The zero-order valence-electron chi connectivity index (χ0n) is 20.4. The van der Waals surface area contributed by atoms with Crippen molar-refractivity contribution in [3.8, 4) is 0 Å². The van der Waals surface area contributed by atoms with Crippen molar-refractivity contribution in [1.29, 1.82) is 0 Å². The lowest BCUT2D eigenvalue weighted by Gasteiger charge is -2.19. The average Bonchev–Trinajstić information content (AvgIpc) is 3.35. The summed E-state index contributed by atoms with van der Waals surface area (Å²) >= 11 is 0. The summed E-state index contributed by atoms with van der Waals surface area (Å²) in [6.07, 6.45) is 6.03. The number of carbonyl (C=O) groups is 4. The van der Waals surface area contributed by atoms with Crippen LogP contribution in [0.2, 0.25) is 0 Å². The second kappa shape index (κ2) is 10.4. The minimum atomic E-state index is -0.286. The number of amides is 4. The van der Waals surface area contributed by atoms with Gasteiger partial charge in [-0.15, -0.1) is 0 Å². The molecule has 3 aromatic carbocycles. The quantitative estimate of drug-likeness (QED) is 0.508. The van der Waals surface area contributed by atoms with Gasteiger partial charge < -0.3 is 0 Å². The van der Waals surface area contributed by atoms with Gasteiger partial charge in [-0.25, -0.2) is 9.80 Å². The van der Waals surface area contributed by atoms with Gasteiger partial charge in [0.25, 0.3) is 23.6 Å². The maximum Gasteiger partial charge on any atom is 0.258 e. The summed E-state index contributed by atoms with van der Waals surface area (Å²) in [5, 5.41) is 0. The van der Waals surface area contributed by atoms with Gasteiger partial charge in [-0.1, -0.05) is 60.2 Å². The number of imide groups is 2. The average molecular weight is 479 g/mol. The van der Waals surface area contributed by atoms with Crippen LogP contribution in [0.5, 0.6) is 0 Å². The van der Waals surface area contributed by atoms with Gasteiger partial charge in [0.05, 0.1) is 11.4 Å². The summed E-state index contributed by atoms with van der Waals surface area (Å²) in [6.45, 7) is 5.82. The topological polar surface area (TPSA) is 74.8 Å². The second-order valence-corrected chi connectivity index (χ2v) is 8.77. The monoisotopic (exact) mass is 478 g/mol. The standard InChI is InChI=1S/C17H13NO2.C13H13NO2/c19-16-10-11-17(20)18(16)15-8-6-14(7-9-15)12-13-4-2-1-3-5-13;1-8-6-9(2)13(10(3)7-8)14-11(15)4-5-12(14)16/h1-11H,12H2;4-7H,1-3H3. The number of hydrogen-bond acceptors (Lipinski definition) is 4. The highest BCUT2D eigenvalue weighted by Crippen LogP contribution is 2.28. The number of anilines is 2. The van der Waals surface area contributed by atoms with E-state index >= 15 is 0 Å². The van der Waals surface area contributed by atoms with Gasteiger partial charge in [-0.3, -0.25) is 19.2 Å². The Labute approximate surface area is 210 Å². The fourth-order valence-corrected chi connectivity index (χ4v) is 4.39. The van der Waals surface area contributed by atoms with E-state index in [1.807, 2.05) is 63.2 Å². The highest BCUT2D eigenvalue weighted by molar-refractivity contribution is 6.29. The van der Waals surface area contributed by atoms with Crippen molar-refractivity contribution >= 4 is 35.0 Å². The largest absolute Gasteiger partial charge is 0.269 e. The fourth-order valence-electron chi connectivity index (χ4n) is 4.39. The first-order valence-corrected chi connectivity index (χ1v) is 11.6. The molecule has 0 radical (unpaired) electrons. The summed E-state index contributed by atoms with van der Waals surface area (Å²) < 4.78 is 0. The third-order valence-corrected chi connectivity index (χ3v) is 5.92. The van der Waals surface area contributed by atoms with Gasteiger partial charge in [-0.05, 0) is 61.6 Å². The van der Waals surface area contributed by atoms with E-state index in [1.54, 1.807) is 12.1 Å². The molecule has 0 bridgehead atoms. The molecule has 180 valence electrons. The fraction of sp³-hybridized carbons (Fsp3) is 0.133.